The van der Waals surface area contributed by atoms with E-state index in [4.69, 9.17) is 16.2 Å². The van der Waals surface area contributed by atoms with Gasteiger partial charge in [-0.15, -0.1) is 0 Å². The molecule has 3 aliphatic heterocycles. The van der Waals surface area contributed by atoms with Gasteiger partial charge < -0.3 is 94.5 Å². The van der Waals surface area contributed by atoms with Crippen molar-refractivity contribution in [3.8, 4) is 11.5 Å². The van der Waals surface area contributed by atoms with Crippen molar-refractivity contribution in [3.63, 3.8) is 0 Å². The van der Waals surface area contributed by atoms with Gasteiger partial charge in [0.15, 0.2) is 0 Å². The summed E-state index contributed by atoms with van der Waals surface area (Å²) in [5.41, 5.74) is 12.0. The molecule has 0 spiro atoms. The highest BCUT2D eigenvalue weighted by molar-refractivity contribution is 5.99. The number of carbonyl (C=O) groups excluding carboxylic acids is 12. The molecule has 1 fully saturated rings. The Morgan fingerprint density at radius 1 is 0.615 bits per heavy atom. The van der Waals surface area contributed by atoms with Crippen LogP contribution in [0.3, 0.4) is 0 Å². The number of hydrogen-bond donors (Lipinski definition) is 16. The van der Waals surface area contributed by atoms with Crippen molar-refractivity contribution < 1.29 is 97.4 Å². The minimum Gasteiger partial charge on any atom is -0.508 e. The molecule has 11 amide bonds. The molecule has 3 heterocycles. The zero-order chi connectivity index (χ0) is 77.0. The number of aliphatic hydroxyl groups is 2. The molecule has 0 aliphatic carbocycles. The molecule has 0 radical (unpaired) electrons. The summed E-state index contributed by atoms with van der Waals surface area (Å²) in [5.74, 6) is -15.4. The van der Waals surface area contributed by atoms with Crippen molar-refractivity contribution in [2.24, 2.45) is 17.4 Å². The standard InChI is InChI=1S/C72H110N12O20/c1-6-8-9-10-11-12-13-14-15-16-17-20-48(87)41-58(89)76-51(32-35-59(90)91)65(96)77-50(21-18-37-73)64(95)80-55-40-46-25-29-49(30-26-46)104-72(103)61(42(3)7-2)82-67(98)54(39-45-23-27-47(86)28-24-45)81-66(97)52(31-34-57(74)88)78-69(100)56-22-19-38-84(56)71(102)43(4)75-63(94)53(33-36-60(92)93)79-70(101)62(44(5)85)83-68(55)99/h23-30,42-44,48,50-56,61-62,85-87H,6-22,31-41,73H2,1-5H3,(H2,74,88)(H,75,94)(H,76,89)(H,77,96)(H,78,100)(H,79,101)(H,80,95)(H,81,97)(H,82,98)(H,83,99)(H,90,91)(H,92,93)/t42-,43-,44+,48?,50-,51+,52+,53+,54+,55-,56+,61+,62+/m1/s1. The largest absolute Gasteiger partial charge is 0.508 e. The third-order valence-electron chi connectivity index (χ3n) is 18.4. The third kappa shape index (κ3) is 31.0. The summed E-state index contributed by atoms with van der Waals surface area (Å²) in [7, 11) is 0. The number of aliphatic hydroxyl groups excluding tert-OH is 2. The highest BCUT2D eigenvalue weighted by atomic mass is 16.5. The van der Waals surface area contributed by atoms with Crippen molar-refractivity contribution in [1.29, 1.82) is 0 Å². The number of nitrogens with zero attached hydrogens (tertiary/aromatic N) is 1. The normalized spacial score (nSPS) is 21.9. The fraction of sp³-hybridized carbons (Fsp3) is 0.639. The van der Waals surface area contributed by atoms with Crippen LogP contribution in [0.2, 0.25) is 0 Å². The quantitative estimate of drug-likeness (QED) is 0.0196. The molecule has 13 atom stereocenters. The van der Waals surface area contributed by atoms with E-state index in [-0.39, 0.29) is 62.3 Å². The van der Waals surface area contributed by atoms with Crippen molar-refractivity contribution >= 4 is 82.9 Å². The molecule has 1 unspecified atom stereocenters. The van der Waals surface area contributed by atoms with Crippen molar-refractivity contribution in [3.05, 3.63) is 59.7 Å². The van der Waals surface area contributed by atoms with Crippen LogP contribution in [-0.4, -0.2) is 199 Å². The van der Waals surface area contributed by atoms with E-state index >= 15 is 0 Å². The second kappa shape index (κ2) is 45.7. The summed E-state index contributed by atoms with van der Waals surface area (Å²) >= 11 is 0. The number of aromatic hydroxyl groups is 1. The zero-order valence-corrected chi connectivity index (χ0v) is 60.4. The van der Waals surface area contributed by atoms with E-state index in [1.54, 1.807) is 13.8 Å². The number of nitrogens with one attached hydrogen (secondary N) is 9. The lowest BCUT2D eigenvalue weighted by Crippen LogP contribution is -2.62. The summed E-state index contributed by atoms with van der Waals surface area (Å²) in [4.78, 5) is 195. The molecule has 0 aromatic heterocycles. The predicted octanol–water partition coefficient (Wildman–Crippen LogP) is 1.08. The average molecular weight is 1460 g/mol. The monoisotopic (exact) mass is 1460 g/mol. The number of esters is 1. The fourth-order valence-electron chi connectivity index (χ4n) is 12.1. The van der Waals surface area contributed by atoms with Gasteiger partial charge in [-0.1, -0.05) is 122 Å². The molecule has 104 heavy (non-hydrogen) atoms. The van der Waals surface area contributed by atoms with Crippen LogP contribution in [0.1, 0.15) is 200 Å². The van der Waals surface area contributed by atoms with Gasteiger partial charge in [0.05, 0.1) is 18.6 Å². The van der Waals surface area contributed by atoms with E-state index < -0.39 is 213 Å². The number of phenolic OH excluding ortho intramolecular Hbond substituents is 1. The SMILES string of the molecule is CCCCCCCCCCCCCC(O)CC(=O)N[C@@H](CCC(=O)O)C(=O)N[C@H](CCCN)C(=O)N[C@@H]1Cc2ccc(cc2)OC(=O)[C@H]([C@H](C)CC)NC(=O)[C@H](Cc2ccc(O)cc2)NC(=O)[C@H](CCC(N)=O)NC(=O)[C@@H]2CCCN2C(=O)[C@@H](C)NC(=O)[C@H](CCC(=O)O)NC(=O)[C@H]([C@H](C)O)NC1=O. The molecular formula is C72H110N12O20. The van der Waals surface area contributed by atoms with Gasteiger partial charge >= 0.3 is 17.9 Å². The van der Waals surface area contributed by atoms with Crippen LogP contribution in [0, 0.1) is 5.92 Å². The molecule has 1 saturated heterocycles. The Balaban J connectivity index is 1.75. The lowest BCUT2D eigenvalue weighted by Gasteiger charge is -2.30. The van der Waals surface area contributed by atoms with E-state index in [0.29, 0.717) is 24.8 Å². The first-order chi connectivity index (χ1) is 49.4. The molecule has 0 saturated carbocycles. The minimum absolute atomic E-state index is 0.0222. The molecule has 578 valence electrons. The third-order valence-corrected chi connectivity index (χ3v) is 18.4. The number of ether oxygens (including phenoxy) is 1. The Kier molecular flexibility index (Phi) is 38.3. The predicted molar refractivity (Wildman–Crippen MR) is 379 cm³/mol. The summed E-state index contributed by atoms with van der Waals surface area (Å²) in [6, 6.07) is -4.87. The molecule has 32 heteroatoms. The van der Waals surface area contributed by atoms with Crippen LogP contribution in [0.4, 0.5) is 0 Å². The average Bonchev–Trinajstić information content (AvgIpc) is 1.55. The number of carboxylic acids is 2. The summed E-state index contributed by atoms with van der Waals surface area (Å²) in [6.07, 6.45) is 5.34. The number of benzene rings is 2. The Bertz CT molecular complexity index is 3190. The minimum atomic E-state index is -1.98. The maximum absolute atomic E-state index is 14.8. The smallest absolute Gasteiger partial charge is 0.334 e. The molecule has 3 aliphatic rings. The lowest BCUT2D eigenvalue weighted by molar-refractivity contribution is -0.143. The van der Waals surface area contributed by atoms with Gasteiger partial charge in [-0.3, -0.25) is 62.3 Å². The van der Waals surface area contributed by atoms with Gasteiger partial charge in [0, 0.05) is 38.6 Å². The van der Waals surface area contributed by atoms with Gasteiger partial charge in [0.25, 0.3) is 0 Å². The van der Waals surface area contributed by atoms with Crippen LogP contribution < -0.4 is 64.1 Å². The topological polar surface area (TPSA) is 513 Å². The first-order valence-corrected chi connectivity index (χ1v) is 36.3. The number of nitrogens with two attached hydrogens (primary N) is 2. The number of unbranched alkanes of at least 4 members (excludes halogenated alkanes) is 10. The molecule has 2 aromatic carbocycles. The molecular weight excluding hydrogens is 1350 g/mol. The summed E-state index contributed by atoms with van der Waals surface area (Å²) < 4.78 is 5.82. The van der Waals surface area contributed by atoms with E-state index in [2.05, 4.69) is 54.8 Å². The highest BCUT2D eigenvalue weighted by Crippen LogP contribution is 2.23. The van der Waals surface area contributed by atoms with Gasteiger partial charge in [-0.2, -0.15) is 0 Å². The molecule has 2 aromatic rings. The van der Waals surface area contributed by atoms with E-state index in [1.165, 1.54) is 87.6 Å². The van der Waals surface area contributed by atoms with Gasteiger partial charge in [0.1, 0.15) is 71.9 Å². The van der Waals surface area contributed by atoms with E-state index in [9.17, 15) is 92.7 Å². The number of amides is 11. The maximum atomic E-state index is 14.8. The summed E-state index contributed by atoms with van der Waals surface area (Å²) in [6.45, 7) is 7.83. The van der Waals surface area contributed by atoms with Crippen LogP contribution in [0.25, 0.3) is 0 Å². The Morgan fingerprint density at radius 2 is 1.17 bits per heavy atom. The van der Waals surface area contributed by atoms with Crippen LogP contribution in [-0.2, 0) is 80.0 Å². The summed E-state index contributed by atoms with van der Waals surface area (Å²) in [5, 5.41) is 74.1. The lowest BCUT2D eigenvalue weighted by atomic mass is 9.97. The van der Waals surface area contributed by atoms with Crippen molar-refractivity contribution in [2.45, 2.75) is 274 Å². The fourth-order valence-corrected chi connectivity index (χ4v) is 12.1. The van der Waals surface area contributed by atoms with Gasteiger partial charge in [-0.05, 0) is 113 Å². The number of aliphatic carboxylic acids is 2. The molecule has 5 rings (SSSR count). The van der Waals surface area contributed by atoms with E-state index in [1.807, 2.05) is 0 Å². The molecule has 32 nitrogen and oxygen atoms in total. The molecule has 18 N–H and O–H groups in total. The highest BCUT2D eigenvalue weighted by Gasteiger charge is 2.41. The number of carboxylic acid groups (broad SMARTS) is 2. The Hall–Kier alpha value is -9.30. The first-order valence-electron chi connectivity index (χ1n) is 36.3. The number of primary amides is 1. The molecule has 2 bridgehead atoms. The number of fused-ring (bicyclic) bond motifs is 23. The van der Waals surface area contributed by atoms with Crippen molar-refractivity contribution in [1.82, 2.24) is 52.8 Å². The first kappa shape index (κ1) is 87.1. The van der Waals surface area contributed by atoms with Crippen LogP contribution >= 0.6 is 0 Å². The van der Waals surface area contributed by atoms with Gasteiger partial charge in [0.2, 0.25) is 65.0 Å². The van der Waals surface area contributed by atoms with Crippen LogP contribution in [0.5, 0.6) is 11.5 Å². The van der Waals surface area contributed by atoms with Crippen LogP contribution in [0.15, 0.2) is 48.5 Å². The number of hydrogen-bond acceptors (Lipinski definition) is 19. The van der Waals surface area contributed by atoms with Gasteiger partial charge in [-0.25, -0.2) is 4.79 Å². The number of phenols is 1. The zero-order valence-electron chi connectivity index (χ0n) is 60.4. The second-order valence-electron chi connectivity index (χ2n) is 27.1. The maximum Gasteiger partial charge on any atom is 0.334 e. The number of rotatable bonds is 36. The van der Waals surface area contributed by atoms with Crippen molar-refractivity contribution in [2.75, 3.05) is 13.1 Å². The Labute approximate surface area is 606 Å². The Morgan fingerprint density at radius 3 is 1.76 bits per heavy atom. The van der Waals surface area contributed by atoms with E-state index in [0.717, 1.165) is 43.9 Å². The second-order valence-corrected chi connectivity index (χ2v) is 27.1. The number of carbonyl (C=O) groups is 14.